The second-order valence-electron chi connectivity index (χ2n) is 11.8. The predicted molar refractivity (Wildman–Crippen MR) is 156 cm³/mol. The van der Waals surface area contributed by atoms with Gasteiger partial charge in [-0.15, -0.1) is 0 Å². The number of carbonyl (C=O) groups is 1. The third-order valence-electron chi connectivity index (χ3n) is 9.51. The number of rotatable bonds is 3. The molecule has 1 aliphatic carbocycles. The van der Waals surface area contributed by atoms with Crippen molar-refractivity contribution in [1.29, 1.82) is 0 Å². The van der Waals surface area contributed by atoms with Crippen molar-refractivity contribution in [2.45, 2.75) is 58.0 Å². The average Bonchev–Trinajstić information content (AvgIpc) is 3.39. The molecule has 6 heteroatoms. The minimum absolute atomic E-state index is 0.00470. The Bertz CT molecular complexity index is 1860. The highest BCUT2D eigenvalue weighted by atomic mass is 16.4. The fraction of sp³-hybridized carbons (Fsp3) is 0.353. The van der Waals surface area contributed by atoms with Gasteiger partial charge in [0, 0.05) is 40.9 Å². The zero-order valence-corrected chi connectivity index (χ0v) is 23.0. The van der Waals surface area contributed by atoms with Crippen LogP contribution in [-0.2, 0) is 11.2 Å². The van der Waals surface area contributed by atoms with Crippen molar-refractivity contribution in [3.63, 3.8) is 0 Å². The molecule has 5 aromatic rings. The Kier molecular flexibility index (Phi) is 5.86. The Labute approximate surface area is 232 Å². The molecule has 6 nitrogen and oxygen atoms in total. The van der Waals surface area contributed by atoms with E-state index < -0.39 is 11.2 Å². The van der Waals surface area contributed by atoms with Crippen LogP contribution in [0.4, 0.5) is 0 Å². The number of nitrogens with zero attached hydrogens (tertiary/aromatic N) is 1. The van der Waals surface area contributed by atoms with Crippen molar-refractivity contribution >= 4 is 38.6 Å². The fourth-order valence-corrected chi connectivity index (χ4v) is 7.04. The van der Waals surface area contributed by atoms with Gasteiger partial charge in [-0.25, -0.2) is 4.79 Å². The van der Waals surface area contributed by atoms with Crippen LogP contribution < -0.4 is 5.63 Å². The first-order valence-electron chi connectivity index (χ1n) is 14.3. The van der Waals surface area contributed by atoms with Gasteiger partial charge in [0.25, 0.3) is 0 Å². The molecule has 2 aromatic heterocycles. The number of hydrogen-bond acceptors (Lipinski definition) is 5. The van der Waals surface area contributed by atoms with Crippen LogP contribution in [0.25, 0.3) is 43.8 Å². The lowest BCUT2D eigenvalue weighted by Gasteiger charge is -2.47. The van der Waals surface area contributed by atoms with Gasteiger partial charge >= 0.3 is 5.63 Å². The van der Waals surface area contributed by atoms with Crippen molar-refractivity contribution < 1.29 is 18.7 Å². The van der Waals surface area contributed by atoms with E-state index in [-0.39, 0.29) is 18.2 Å². The highest BCUT2D eigenvalue weighted by molar-refractivity contribution is 6.06. The van der Waals surface area contributed by atoms with Gasteiger partial charge in [-0.05, 0) is 67.1 Å². The summed E-state index contributed by atoms with van der Waals surface area (Å²) in [7, 11) is 0. The number of aliphatic hydroxyl groups is 1. The largest absolute Gasteiger partial charge is 0.463 e. The molecule has 1 N–H and O–H groups in total. The Hall–Kier alpha value is -3.90. The molecule has 40 heavy (non-hydrogen) atoms. The van der Waals surface area contributed by atoms with E-state index in [0.29, 0.717) is 36.2 Å². The zero-order chi connectivity index (χ0) is 27.6. The lowest BCUT2D eigenvalue weighted by molar-refractivity contribution is -0.142. The van der Waals surface area contributed by atoms with Gasteiger partial charge in [0.1, 0.15) is 11.2 Å². The van der Waals surface area contributed by atoms with Gasteiger partial charge in [-0.1, -0.05) is 49.2 Å². The summed E-state index contributed by atoms with van der Waals surface area (Å²) >= 11 is 0. The van der Waals surface area contributed by atoms with Gasteiger partial charge in [0.15, 0.2) is 0 Å². The monoisotopic (exact) mass is 535 g/mol. The van der Waals surface area contributed by atoms with Gasteiger partial charge in [-0.2, -0.15) is 0 Å². The number of benzene rings is 3. The number of hydrogen-bond donors (Lipinski definition) is 1. The van der Waals surface area contributed by atoms with Crippen LogP contribution in [0.5, 0.6) is 0 Å². The lowest BCUT2D eigenvalue weighted by Crippen LogP contribution is -2.55. The predicted octanol–water partition coefficient (Wildman–Crippen LogP) is 6.67. The summed E-state index contributed by atoms with van der Waals surface area (Å²) in [6.07, 6.45) is 6.25. The molecule has 2 atom stereocenters. The first-order chi connectivity index (χ1) is 19.3. The van der Waals surface area contributed by atoms with Crippen molar-refractivity contribution in [3.05, 3.63) is 81.9 Å². The molecule has 0 radical (unpaired) electrons. The molecule has 2 aliphatic rings. The van der Waals surface area contributed by atoms with Crippen LogP contribution in [0.15, 0.2) is 68.4 Å². The lowest BCUT2D eigenvalue weighted by atomic mass is 9.71. The molecule has 0 bridgehead atoms. The van der Waals surface area contributed by atoms with E-state index in [1.165, 1.54) is 5.39 Å². The van der Waals surface area contributed by atoms with E-state index in [1.807, 2.05) is 36.9 Å². The highest BCUT2D eigenvalue weighted by Gasteiger charge is 2.43. The molecule has 1 amide bonds. The topological polar surface area (TPSA) is 83.9 Å². The van der Waals surface area contributed by atoms with Gasteiger partial charge in [0.2, 0.25) is 5.91 Å². The molecular weight excluding hydrogens is 502 g/mol. The number of furan rings is 1. The molecular formula is C34H33NO5. The van der Waals surface area contributed by atoms with E-state index in [2.05, 4.69) is 30.3 Å². The molecule has 204 valence electrons. The number of piperidine rings is 1. The number of amides is 1. The van der Waals surface area contributed by atoms with Crippen molar-refractivity contribution in [2.24, 2.45) is 5.92 Å². The van der Waals surface area contributed by atoms with E-state index >= 15 is 0 Å². The van der Waals surface area contributed by atoms with E-state index in [4.69, 9.17) is 8.83 Å². The molecule has 1 saturated heterocycles. The average molecular weight is 536 g/mol. The van der Waals surface area contributed by atoms with Crippen LogP contribution in [0, 0.1) is 19.8 Å². The second-order valence-corrected chi connectivity index (χ2v) is 11.8. The highest BCUT2D eigenvalue weighted by Crippen LogP contribution is 2.41. The van der Waals surface area contributed by atoms with E-state index in [9.17, 15) is 14.7 Å². The summed E-state index contributed by atoms with van der Waals surface area (Å²) in [6.45, 7) is 4.88. The molecule has 7 rings (SSSR count). The minimum atomic E-state index is -0.650. The minimum Gasteiger partial charge on any atom is -0.463 e. The molecule has 2 fully saturated rings. The SMILES string of the molecule is Cc1c(CC(=O)N2CCC3(O)CCCCC3C2)c(=O)oc2c(C)c3occ(-c4ccc5ccccc5c4)c3cc12. The Morgan fingerprint density at radius 3 is 2.67 bits per heavy atom. The molecule has 3 aromatic carbocycles. The Morgan fingerprint density at radius 2 is 1.82 bits per heavy atom. The van der Waals surface area contributed by atoms with Crippen LogP contribution in [0.3, 0.4) is 0 Å². The molecule has 0 spiro atoms. The maximum Gasteiger partial charge on any atom is 0.340 e. The van der Waals surface area contributed by atoms with Crippen molar-refractivity contribution in [2.75, 3.05) is 13.1 Å². The van der Waals surface area contributed by atoms with Crippen LogP contribution >= 0.6 is 0 Å². The Morgan fingerprint density at radius 1 is 1.00 bits per heavy atom. The number of carbonyl (C=O) groups excluding carboxylic acids is 1. The van der Waals surface area contributed by atoms with Crippen LogP contribution in [0.1, 0.15) is 48.8 Å². The molecule has 2 unspecified atom stereocenters. The standard InChI is InChI=1S/C34H33NO5/c1-20-26-16-28-29(24-11-10-22-7-3-4-8-23(22)15-24)19-39-31(28)21(2)32(26)40-33(37)27(20)17-30(36)35-14-13-34(38)12-6-5-9-25(34)18-35/h3-4,7-8,10-11,15-16,19,25,38H,5-6,9,12-14,17-18H2,1-2H3. The first-order valence-corrected chi connectivity index (χ1v) is 14.3. The van der Waals surface area contributed by atoms with E-state index in [0.717, 1.165) is 64.1 Å². The zero-order valence-electron chi connectivity index (χ0n) is 23.0. The summed E-state index contributed by atoms with van der Waals surface area (Å²) in [6, 6.07) is 16.7. The number of likely N-dealkylation sites (tertiary alicyclic amines) is 1. The number of aryl methyl sites for hydroxylation is 2. The van der Waals surface area contributed by atoms with Crippen molar-refractivity contribution in [1.82, 2.24) is 4.90 Å². The molecule has 1 aliphatic heterocycles. The Balaban J connectivity index is 1.26. The summed E-state index contributed by atoms with van der Waals surface area (Å²) in [5.41, 5.74) is 4.02. The van der Waals surface area contributed by atoms with Crippen LogP contribution in [0.2, 0.25) is 0 Å². The first kappa shape index (κ1) is 25.1. The second kappa shape index (κ2) is 9.34. The van der Waals surface area contributed by atoms with Crippen molar-refractivity contribution in [3.8, 4) is 11.1 Å². The van der Waals surface area contributed by atoms with Gasteiger partial charge in [-0.3, -0.25) is 4.79 Å². The fourth-order valence-electron chi connectivity index (χ4n) is 7.04. The van der Waals surface area contributed by atoms with Crippen LogP contribution in [-0.4, -0.2) is 34.6 Å². The maximum absolute atomic E-state index is 13.4. The molecule has 3 heterocycles. The van der Waals surface area contributed by atoms with Gasteiger partial charge in [0.05, 0.1) is 23.8 Å². The van der Waals surface area contributed by atoms with E-state index in [1.54, 1.807) is 6.26 Å². The summed E-state index contributed by atoms with van der Waals surface area (Å²) in [4.78, 5) is 28.4. The van der Waals surface area contributed by atoms with Gasteiger partial charge < -0.3 is 18.8 Å². The molecule has 1 saturated carbocycles. The number of fused-ring (bicyclic) bond motifs is 4. The third-order valence-corrected chi connectivity index (χ3v) is 9.51. The normalized spacial score (nSPS) is 21.3. The quantitative estimate of drug-likeness (QED) is 0.261. The summed E-state index contributed by atoms with van der Waals surface area (Å²) in [5.74, 6) is 0.0268. The summed E-state index contributed by atoms with van der Waals surface area (Å²) < 4.78 is 11.9. The summed E-state index contributed by atoms with van der Waals surface area (Å²) in [5, 5.41) is 15.1. The smallest absolute Gasteiger partial charge is 0.340 e. The maximum atomic E-state index is 13.4. The third kappa shape index (κ3) is 3.96.